The molecule has 1 unspecified atom stereocenters. The maximum absolute atomic E-state index is 14.8. The van der Waals surface area contributed by atoms with Crippen molar-refractivity contribution < 1.29 is 29.0 Å². The van der Waals surface area contributed by atoms with Crippen LogP contribution in [-0.2, 0) is 30.3 Å². The van der Waals surface area contributed by atoms with Gasteiger partial charge in [-0.3, -0.25) is 19.3 Å². The first-order chi connectivity index (χ1) is 22.0. The molecule has 6 atom stereocenters. The first-order valence-corrected chi connectivity index (χ1v) is 16.0. The molecule has 5 heterocycles. The van der Waals surface area contributed by atoms with Crippen molar-refractivity contribution in [3.05, 3.63) is 90.5 Å². The van der Waals surface area contributed by atoms with Gasteiger partial charge in [0.25, 0.3) is 0 Å². The first kappa shape index (κ1) is 29.9. The Kier molecular flexibility index (Phi) is 8.31. The maximum Gasteiger partial charge on any atom is 0.249 e. The Morgan fingerprint density at radius 2 is 1.60 bits per heavy atom. The second-order valence-corrected chi connectivity index (χ2v) is 12.5. The lowest BCUT2D eigenvalue weighted by Crippen LogP contribution is -2.59. The topological polar surface area (TPSA) is 103 Å². The van der Waals surface area contributed by atoms with E-state index in [0.29, 0.717) is 45.8 Å². The number of likely N-dealkylation sites (tertiary alicyclic amines) is 1. The van der Waals surface area contributed by atoms with Gasteiger partial charge >= 0.3 is 0 Å². The lowest BCUT2D eigenvalue weighted by molar-refractivity contribution is -0.150. The van der Waals surface area contributed by atoms with Crippen LogP contribution in [0.3, 0.4) is 0 Å². The van der Waals surface area contributed by atoms with Crippen molar-refractivity contribution >= 4 is 23.4 Å². The average Bonchev–Trinajstić information content (AvgIpc) is 3.40. The van der Waals surface area contributed by atoms with E-state index < -0.39 is 35.6 Å². The highest BCUT2D eigenvalue weighted by molar-refractivity contribution is 6.04. The van der Waals surface area contributed by atoms with Crippen molar-refractivity contribution in [1.82, 2.24) is 14.7 Å². The zero-order chi connectivity index (χ0) is 31.0. The number of aliphatic hydroxyl groups excluding tert-OH is 1. The van der Waals surface area contributed by atoms with E-state index in [1.54, 1.807) is 14.7 Å². The van der Waals surface area contributed by atoms with E-state index in [1.807, 2.05) is 85.0 Å². The number of aliphatic hydroxyl groups is 1. The monoisotopic (exact) mass is 612 g/mol. The number of fused-ring (bicyclic) bond motifs is 2. The highest BCUT2D eigenvalue weighted by Crippen LogP contribution is 2.54. The number of hydrogen-bond donors (Lipinski definition) is 1. The fourth-order valence-electron chi connectivity index (χ4n) is 7.78. The zero-order valence-electron chi connectivity index (χ0n) is 25.3. The number of carbonyl (C=O) groups is 3. The highest BCUT2D eigenvalue weighted by atomic mass is 16.5. The minimum absolute atomic E-state index is 0.204. The molecule has 1 N–H and O–H groups in total. The first-order valence-electron chi connectivity index (χ1n) is 16.0. The van der Waals surface area contributed by atoms with Gasteiger partial charge in [-0.25, -0.2) is 0 Å². The molecule has 0 aromatic heterocycles. The maximum atomic E-state index is 14.8. The number of carbonyl (C=O) groups excluding carboxylic acids is 3. The Balaban J connectivity index is 1.26. The molecule has 10 heteroatoms. The minimum atomic E-state index is -1.35. The van der Waals surface area contributed by atoms with E-state index >= 15 is 0 Å². The van der Waals surface area contributed by atoms with Crippen LogP contribution in [-0.4, -0.2) is 120 Å². The summed E-state index contributed by atoms with van der Waals surface area (Å²) < 4.78 is 12.3. The van der Waals surface area contributed by atoms with E-state index in [-0.39, 0.29) is 24.3 Å². The normalized spacial score (nSPS) is 30.6. The van der Waals surface area contributed by atoms with Crippen LogP contribution in [0.15, 0.2) is 85.0 Å². The second kappa shape index (κ2) is 12.5. The van der Waals surface area contributed by atoms with Crippen molar-refractivity contribution in [1.29, 1.82) is 0 Å². The Hall–Kier alpha value is -3.83. The molecule has 236 valence electrons. The van der Waals surface area contributed by atoms with Gasteiger partial charge in [0.2, 0.25) is 17.7 Å². The van der Waals surface area contributed by atoms with Crippen molar-refractivity contribution in [3.8, 4) is 0 Å². The van der Waals surface area contributed by atoms with E-state index in [0.717, 1.165) is 24.3 Å². The molecule has 7 rings (SSSR count). The molecule has 45 heavy (non-hydrogen) atoms. The molecular weight excluding hydrogens is 572 g/mol. The molecule has 2 aromatic rings. The van der Waals surface area contributed by atoms with Crippen LogP contribution in [0.2, 0.25) is 0 Å². The number of ether oxygens (including phenoxy) is 2. The quantitative estimate of drug-likeness (QED) is 0.451. The standard InChI is InChI=1S/C35H40N4O6/c40-24-27(23-25-9-3-1-4-10-25)39-31-34(43)37(18-17-36-19-21-44-22-20-36)15-8-14-35(31)30(33(39)42)29-28(45-35)13-7-16-38(32(29)41)26-11-5-2-6-12-26/h1-14,27-31,40H,15-24H2/t27-,28+,29-,30+,31?,35+/m1/s1. The molecule has 0 radical (unpaired) electrons. The zero-order valence-corrected chi connectivity index (χ0v) is 25.3. The summed E-state index contributed by atoms with van der Waals surface area (Å²) in [7, 11) is 0. The molecule has 3 amide bonds. The van der Waals surface area contributed by atoms with Crippen molar-refractivity contribution in [3.63, 3.8) is 0 Å². The van der Waals surface area contributed by atoms with Crippen molar-refractivity contribution in [2.75, 3.05) is 64.0 Å². The molecule has 5 aliphatic rings. The summed E-state index contributed by atoms with van der Waals surface area (Å²) in [5.41, 5.74) is 0.339. The Bertz CT molecular complexity index is 1460. The Morgan fingerprint density at radius 1 is 0.867 bits per heavy atom. The minimum Gasteiger partial charge on any atom is -0.394 e. The number of amides is 3. The number of anilines is 1. The summed E-state index contributed by atoms with van der Waals surface area (Å²) >= 11 is 0. The predicted octanol–water partition coefficient (Wildman–Crippen LogP) is 1.50. The molecule has 10 nitrogen and oxygen atoms in total. The third-order valence-electron chi connectivity index (χ3n) is 9.96. The second-order valence-electron chi connectivity index (χ2n) is 12.5. The summed E-state index contributed by atoms with van der Waals surface area (Å²) in [5.74, 6) is -2.49. The van der Waals surface area contributed by atoms with Crippen LogP contribution < -0.4 is 4.90 Å². The number of nitrogens with zero attached hydrogens (tertiary/aromatic N) is 4. The summed E-state index contributed by atoms with van der Waals surface area (Å²) in [5, 5.41) is 10.8. The van der Waals surface area contributed by atoms with Crippen molar-refractivity contribution in [2.24, 2.45) is 11.8 Å². The molecule has 0 aliphatic carbocycles. The number of para-hydroxylation sites is 1. The van der Waals surface area contributed by atoms with Gasteiger partial charge in [-0.15, -0.1) is 0 Å². The molecule has 0 bridgehead atoms. The Labute approximate surface area is 263 Å². The van der Waals surface area contributed by atoms with Crippen molar-refractivity contribution in [2.45, 2.75) is 30.2 Å². The summed E-state index contributed by atoms with van der Waals surface area (Å²) in [4.78, 5) is 51.2. The summed E-state index contributed by atoms with van der Waals surface area (Å²) in [6, 6.07) is 17.4. The average molecular weight is 613 g/mol. The number of hydrogen-bond acceptors (Lipinski definition) is 7. The predicted molar refractivity (Wildman–Crippen MR) is 167 cm³/mol. The van der Waals surface area contributed by atoms with Gasteiger partial charge in [-0.2, -0.15) is 0 Å². The molecule has 1 spiro atoms. The van der Waals surface area contributed by atoms with E-state index in [2.05, 4.69) is 4.90 Å². The third-order valence-corrected chi connectivity index (χ3v) is 9.96. The Morgan fingerprint density at radius 3 is 2.33 bits per heavy atom. The van der Waals surface area contributed by atoms with E-state index in [4.69, 9.17) is 9.47 Å². The molecular formula is C35H40N4O6. The van der Waals surface area contributed by atoms with Gasteiger partial charge < -0.3 is 29.3 Å². The lowest BCUT2D eigenvalue weighted by Gasteiger charge is -2.39. The fraction of sp³-hybridized carbons (Fsp3) is 0.457. The largest absolute Gasteiger partial charge is 0.394 e. The lowest BCUT2D eigenvalue weighted by atomic mass is 9.77. The SMILES string of the molecule is O=C1C2N([C@@H](CO)Cc3ccccc3)C(=O)[C@@H]3[C@@H]4C(=O)N(c5ccccc5)CC=C[C@@H]4O[C@]23C=CCN1CCN1CCOCC1. The number of morpholine rings is 1. The number of rotatable bonds is 8. The fourth-order valence-corrected chi connectivity index (χ4v) is 7.78. The van der Waals surface area contributed by atoms with E-state index in [1.165, 1.54) is 0 Å². The highest BCUT2D eigenvalue weighted by Gasteiger charge is 2.72. The smallest absolute Gasteiger partial charge is 0.249 e. The van der Waals surface area contributed by atoms with Crippen LogP contribution in [0.5, 0.6) is 0 Å². The van der Waals surface area contributed by atoms with Gasteiger partial charge in [0.05, 0.1) is 43.8 Å². The van der Waals surface area contributed by atoms with Crippen LogP contribution in [0.1, 0.15) is 5.56 Å². The van der Waals surface area contributed by atoms with Crippen LogP contribution >= 0.6 is 0 Å². The van der Waals surface area contributed by atoms with E-state index in [9.17, 15) is 19.5 Å². The van der Waals surface area contributed by atoms with Crippen LogP contribution in [0, 0.1) is 11.8 Å². The van der Waals surface area contributed by atoms with Gasteiger partial charge in [0, 0.05) is 45.0 Å². The van der Waals surface area contributed by atoms with Gasteiger partial charge in [-0.05, 0) is 24.1 Å². The van der Waals surface area contributed by atoms with Crippen LogP contribution in [0.25, 0.3) is 0 Å². The number of benzene rings is 2. The molecule has 5 aliphatic heterocycles. The molecule has 2 aromatic carbocycles. The van der Waals surface area contributed by atoms with Crippen LogP contribution in [0.4, 0.5) is 5.69 Å². The molecule has 3 saturated heterocycles. The molecule has 0 saturated carbocycles. The molecule has 3 fully saturated rings. The summed E-state index contributed by atoms with van der Waals surface area (Å²) in [6.07, 6.45) is 7.27. The van der Waals surface area contributed by atoms with Gasteiger partial charge in [-0.1, -0.05) is 72.8 Å². The van der Waals surface area contributed by atoms with Gasteiger partial charge in [0.15, 0.2) is 0 Å². The van der Waals surface area contributed by atoms with Gasteiger partial charge in [0.1, 0.15) is 11.6 Å². The third kappa shape index (κ3) is 5.29. The summed E-state index contributed by atoms with van der Waals surface area (Å²) in [6.45, 7) is 4.52.